The summed E-state index contributed by atoms with van der Waals surface area (Å²) in [5.74, 6) is -0.271. The number of nitrogens with zero attached hydrogens (tertiary/aromatic N) is 3. The number of aromatic nitrogens is 3. The van der Waals surface area contributed by atoms with Gasteiger partial charge in [-0.3, -0.25) is 9.78 Å². The Morgan fingerprint density at radius 1 is 1.25 bits per heavy atom. The molecular formula is C14H11N5O. The number of hydrogen-bond donors (Lipinski definition) is 2. The first kappa shape index (κ1) is 12.0. The maximum absolute atomic E-state index is 11.9. The quantitative estimate of drug-likeness (QED) is 0.558. The molecule has 6 heteroatoms. The van der Waals surface area contributed by atoms with Crippen LogP contribution in [0, 0.1) is 0 Å². The average Bonchev–Trinajstić information content (AvgIpc) is 2.95. The van der Waals surface area contributed by atoms with Gasteiger partial charge in [0.2, 0.25) is 0 Å². The van der Waals surface area contributed by atoms with Gasteiger partial charge in [0.25, 0.3) is 5.91 Å². The number of nitrogens with one attached hydrogen (secondary N) is 2. The smallest absolute Gasteiger partial charge is 0.271 e. The Balaban J connectivity index is 1.71. The lowest BCUT2D eigenvalue weighted by molar-refractivity contribution is 0.0955. The van der Waals surface area contributed by atoms with Crippen molar-refractivity contribution in [1.29, 1.82) is 0 Å². The van der Waals surface area contributed by atoms with Crippen LogP contribution in [-0.4, -0.2) is 27.1 Å². The average molecular weight is 265 g/mol. The lowest BCUT2D eigenvalue weighted by Crippen LogP contribution is -2.17. The SMILES string of the molecule is O=C(N/N=C/c1ccncc1)c1ccc2nc[nH]c2c1. The first-order valence-corrected chi connectivity index (χ1v) is 5.99. The van der Waals surface area contributed by atoms with Crippen LogP contribution in [0.5, 0.6) is 0 Å². The number of carbonyl (C=O) groups is 1. The van der Waals surface area contributed by atoms with E-state index in [2.05, 4.69) is 25.5 Å². The van der Waals surface area contributed by atoms with E-state index in [1.54, 1.807) is 55.3 Å². The summed E-state index contributed by atoms with van der Waals surface area (Å²) in [5, 5.41) is 3.91. The fourth-order valence-electron chi connectivity index (χ4n) is 1.76. The Bertz CT molecular complexity index is 763. The number of benzene rings is 1. The molecule has 0 aliphatic heterocycles. The molecule has 0 aliphatic rings. The van der Waals surface area contributed by atoms with E-state index in [1.807, 2.05) is 0 Å². The molecule has 0 aliphatic carbocycles. The molecular weight excluding hydrogens is 254 g/mol. The third-order valence-electron chi connectivity index (χ3n) is 2.77. The second-order valence-electron chi connectivity index (χ2n) is 4.11. The summed E-state index contributed by atoms with van der Waals surface area (Å²) in [6, 6.07) is 8.83. The van der Waals surface area contributed by atoms with Crippen LogP contribution < -0.4 is 5.43 Å². The van der Waals surface area contributed by atoms with E-state index < -0.39 is 0 Å². The fraction of sp³-hybridized carbons (Fsp3) is 0. The van der Waals surface area contributed by atoms with Crippen molar-refractivity contribution in [3.8, 4) is 0 Å². The van der Waals surface area contributed by atoms with E-state index in [0.29, 0.717) is 5.56 Å². The number of amides is 1. The van der Waals surface area contributed by atoms with Gasteiger partial charge in [0.15, 0.2) is 0 Å². The topological polar surface area (TPSA) is 83.0 Å². The molecule has 0 spiro atoms. The standard InChI is InChI=1S/C14H11N5O/c20-14(19-18-8-10-3-5-15-6-4-10)11-1-2-12-13(7-11)17-9-16-12/h1-9H,(H,16,17)(H,19,20)/b18-8+. The Labute approximate surface area is 114 Å². The van der Waals surface area contributed by atoms with Crippen molar-refractivity contribution in [2.24, 2.45) is 5.10 Å². The molecule has 0 saturated carbocycles. The van der Waals surface area contributed by atoms with Crippen molar-refractivity contribution in [3.05, 3.63) is 60.2 Å². The Hall–Kier alpha value is -3.02. The van der Waals surface area contributed by atoms with Gasteiger partial charge in [-0.25, -0.2) is 10.4 Å². The normalized spacial score (nSPS) is 11.0. The van der Waals surface area contributed by atoms with E-state index >= 15 is 0 Å². The second kappa shape index (κ2) is 5.31. The van der Waals surface area contributed by atoms with Crippen LogP contribution in [0.1, 0.15) is 15.9 Å². The minimum Gasteiger partial charge on any atom is -0.345 e. The van der Waals surface area contributed by atoms with Crippen LogP contribution in [0.2, 0.25) is 0 Å². The zero-order chi connectivity index (χ0) is 13.8. The summed E-state index contributed by atoms with van der Waals surface area (Å²) in [7, 11) is 0. The summed E-state index contributed by atoms with van der Waals surface area (Å²) in [6.45, 7) is 0. The van der Waals surface area contributed by atoms with Crippen molar-refractivity contribution in [3.63, 3.8) is 0 Å². The van der Waals surface area contributed by atoms with Gasteiger partial charge in [-0.05, 0) is 35.9 Å². The molecule has 0 radical (unpaired) electrons. The first-order valence-electron chi connectivity index (χ1n) is 5.99. The molecule has 20 heavy (non-hydrogen) atoms. The first-order chi connectivity index (χ1) is 9.83. The van der Waals surface area contributed by atoms with Gasteiger partial charge in [-0.2, -0.15) is 5.10 Å². The summed E-state index contributed by atoms with van der Waals surface area (Å²) >= 11 is 0. The molecule has 0 saturated heterocycles. The third kappa shape index (κ3) is 2.54. The van der Waals surface area contributed by atoms with Gasteiger partial charge < -0.3 is 4.98 Å². The highest BCUT2D eigenvalue weighted by molar-refractivity contribution is 5.97. The molecule has 2 heterocycles. The summed E-state index contributed by atoms with van der Waals surface area (Å²) in [6.07, 6.45) is 6.48. The number of H-pyrrole nitrogens is 1. The monoisotopic (exact) mass is 265 g/mol. The van der Waals surface area contributed by atoms with Crippen molar-refractivity contribution in [2.45, 2.75) is 0 Å². The van der Waals surface area contributed by atoms with Gasteiger partial charge in [-0.15, -0.1) is 0 Å². The van der Waals surface area contributed by atoms with Gasteiger partial charge in [-0.1, -0.05) is 0 Å². The molecule has 2 aromatic heterocycles. The minimum absolute atomic E-state index is 0.271. The van der Waals surface area contributed by atoms with Crippen molar-refractivity contribution in [2.75, 3.05) is 0 Å². The maximum atomic E-state index is 11.9. The Kier molecular flexibility index (Phi) is 3.20. The molecule has 0 unspecified atom stereocenters. The predicted octanol–water partition coefficient (Wildman–Crippen LogP) is 1.72. The van der Waals surface area contributed by atoms with E-state index in [-0.39, 0.29) is 5.91 Å². The zero-order valence-corrected chi connectivity index (χ0v) is 10.4. The van der Waals surface area contributed by atoms with E-state index in [0.717, 1.165) is 16.6 Å². The fourth-order valence-corrected chi connectivity index (χ4v) is 1.76. The second-order valence-corrected chi connectivity index (χ2v) is 4.11. The number of aromatic amines is 1. The lowest BCUT2D eigenvalue weighted by atomic mass is 10.2. The minimum atomic E-state index is -0.271. The largest absolute Gasteiger partial charge is 0.345 e. The predicted molar refractivity (Wildman–Crippen MR) is 75.4 cm³/mol. The molecule has 0 fully saturated rings. The summed E-state index contributed by atoms with van der Waals surface area (Å²) in [4.78, 5) is 22.9. The third-order valence-corrected chi connectivity index (χ3v) is 2.77. The van der Waals surface area contributed by atoms with Crippen molar-refractivity contribution in [1.82, 2.24) is 20.4 Å². The molecule has 3 rings (SSSR count). The van der Waals surface area contributed by atoms with Gasteiger partial charge in [0.05, 0.1) is 23.6 Å². The molecule has 0 atom stereocenters. The van der Waals surface area contributed by atoms with E-state index in [1.165, 1.54) is 0 Å². The summed E-state index contributed by atoms with van der Waals surface area (Å²) in [5.41, 5.74) is 5.50. The highest BCUT2D eigenvalue weighted by Crippen LogP contribution is 2.11. The van der Waals surface area contributed by atoms with Gasteiger partial charge in [0, 0.05) is 18.0 Å². The number of pyridine rings is 1. The molecule has 98 valence electrons. The zero-order valence-electron chi connectivity index (χ0n) is 10.4. The Morgan fingerprint density at radius 2 is 2.10 bits per heavy atom. The van der Waals surface area contributed by atoms with Crippen LogP contribution in [0.15, 0.2) is 54.2 Å². The van der Waals surface area contributed by atoms with Crippen LogP contribution in [0.3, 0.4) is 0 Å². The molecule has 2 N–H and O–H groups in total. The van der Waals surface area contributed by atoms with Gasteiger partial charge >= 0.3 is 0 Å². The van der Waals surface area contributed by atoms with Gasteiger partial charge in [0.1, 0.15) is 0 Å². The Morgan fingerprint density at radius 3 is 2.95 bits per heavy atom. The van der Waals surface area contributed by atoms with Crippen molar-refractivity contribution >= 4 is 23.2 Å². The molecule has 0 bridgehead atoms. The number of rotatable bonds is 3. The van der Waals surface area contributed by atoms with E-state index in [4.69, 9.17) is 0 Å². The molecule has 6 nitrogen and oxygen atoms in total. The highest BCUT2D eigenvalue weighted by atomic mass is 16.2. The maximum Gasteiger partial charge on any atom is 0.271 e. The number of imidazole rings is 1. The molecule has 1 aromatic carbocycles. The van der Waals surface area contributed by atoms with Crippen LogP contribution in [-0.2, 0) is 0 Å². The molecule has 3 aromatic rings. The number of fused-ring (bicyclic) bond motifs is 1. The number of hydrazone groups is 1. The lowest BCUT2D eigenvalue weighted by Gasteiger charge is -1.99. The van der Waals surface area contributed by atoms with Crippen molar-refractivity contribution < 1.29 is 4.79 Å². The number of hydrogen-bond acceptors (Lipinski definition) is 4. The highest BCUT2D eigenvalue weighted by Gasteiger charge is 2.05. The summed E-state index contributed by atoms with van der Waals surface area (Å²) < 4.78 is 0. The van der Waals surface area contributed by atoms with E-state index in [9.17, 15) is 4.79 Å². The van der Waals surface area contributed by atoms with Crippen LogP contribution >= 0.6 is 0 Å². The van der Waals surface area contributed by atoms with Crippen LogP contribution in [0.4, 0.5) is 0 Å². The number of carbonyl (C=O) groups excluding carboxylic acids is 1. The van der Waals surface area contributed by atoms with Crippen LogP contribution in [0.25, 0.3) is 11.0 Å². The molecule has 1 amide bonds.